The SMILES string of the molecule is CCN[C@H](C)CNC(=O)c1c(C)c2cc(Br)ccc2oc1=O.Cl. The van der Waals surface area contributed by atoms with E-state index >= 15 is 0 Å². The van der Waals surface area contributed by atoms with Gasteiger partial charge in [-0.2, -0.15) is 0 Å². The van der Waals surface area contributed by atoms with Gasteiger partial charge >= 0.3 is 5.63 Å². The summed E-state index contributed by atoms with van der Waals surface area (Å²) < 4.78 is 6.12. The van der Waals surface area contributed by atoms with Crippen molar-refractivity contribution in [3.05, 3.63) is 44.2 Å². The van der Waals surface area contributed by atoms with Gasteiger partial charge in [0.05, 0.1) is 0 Å². The van der Waals surface area contributed by atoms with E-state index < -0.39 is 11.5 Å². The summed E-state index contributed by atoms with van der Waals surface area (Å²) in [5.41, 5.74) is 0.555. The third kappa shape index (κ3) is 4.56. The normalized spacial score (nSPS) is 11.8. The van der Waals surface area contributed by atoms with Gasteiger partial charge in [0.15, 0.2) is 0 Å². The summed E-state index contributed by atoms with van der Waals surface area (Å²) in [5.74, 6) is -0.405. The molecule has 1 amide bonds. The summed E-state index contributed by atoms with van der Waals surface area (Å²) in [6, 6.07) is 5.48. The van der Waals surface area contributed by atoms with Crippen molar-refractivity contribution < 1.29 is 9.21 Å². The van der Waals surface area contributed by atoms with Crippen LogP contribution in [0.3, 0.4) is 0 Å². The Kier molecular flexibility index (Phi) is 7.25. The maximum absolute atomic E-state index is 12.3. The molecule has 0 saturated carbocycles. The van der Waals surface area contributed by atoms with Crippen LogP contribution in [0, 0.1) is 6.92 Å². The summed E-state index contributed by atoms with van der Waals surface area (Å²) in [7, 11) is 0. The second kappa shape index (κ2) is 8.47. The van der Waals surface area contributed by atoms with Crippen molar-refractivity contribution >= 4 is 45.2 Å². The van der Waals surface area contributed by atoms with Crippen LogP contribution in [0.25, 0.3) is 11.0 Å². The molecule has 1 aromatic carbocycles. The van der Waals surface area contributed by atoms with E-state index in [-0.39, 0.29) is 24.0 Å². The molecule has 2 N–H and O–H groups in total. The molecule has 0 aliphatic heterocycles. The first kappa shape index (κ1) is 19.7. The lowest BCUT2D eigenvalue weighted by Crippen LogP contribution is -2.40. The first-order chi connectivity index (χ1) is 10.4. The Balaban J connectivity index is 0.00000264. The number of aryl methyl sites for hydroxylation is 1. The Morgan fingerprint density at radius 1 is 1.39 bits per heavy atom. The van der Waals surface area contributed by atoms with Crippen LogP contribution in [0.4, 0.5) is 0 Å². The molecular weight excluding hydrogens is 384 g/mol. The standard InChI is InChI=1S/C16H19BrN2O3.ClH/c1-4-18-9(2)8-19-15(20)14-10(3)12-7-11(17)5-6-13(12)22-16(14)21;/h5-7,9,18H,4,8H2,1-3H3,(H,19,20);1H/t9-;/m1./s1. The number of carbonyl (C=O) groups excluding carboxylic acids is 1. The average Bonchev–Trinajstić information content (AvgIpc) is 2.46. The molecule has 1 heterocycles. The van der Waals surface area contributed by atoms with E-state index in [4.69, 9.17) is 4.42 Å². The summed E-state index contributed by atoms with van der Waals surface area (Å²) in [5, 5.41) is 6.72. The van der Waals surface area contributed by atoms with E-state index in [9.17, 15) is 9.59 Å². The minimum absolute atomic E-state index is 0. The molecular formula is C16H20BrClN2O3. The molecule has 0 unspecified atom stereocenters. The highest BCUT2D eigenvalue weighted by molar-refractivity contribution is 9.10. The topological polar surface area (TPSA) is 71.3 Å². The first-order valence-electron chi connectivity index (χ1n) is 7.18. The lowest BCUT2D eigenvalue weighted by Gasteiger charge is -2.14. The molecule has 2 aromatic rings. The van der Waals surface area contributed by atoms with Crippen LogP contribution < -0.4 is 16.3 Å². The quantitative estimate of drug-likeness (QED) is 0.753. The third-order valence-electron chi connectivity index (χ3n) is 3.48. The van der Waals surface area contributed by atoms with Crippen molar-refractivity contribution in [1.82, 2.24) is 10.6 Å². The molecule has 1 atom stereocenters. The van der Waals surface area contributed by atoms with Gasteiger partial charge in [0.25, 0.3) is 5.91 Å². The fourth-order valence-corrected chi connectivity index (χ4v) is 2.70. The molecule has 0 aliphatic carbocycles. The van der Waals surface area contributed by atoms with E-state index in [2.05, 4.69) is 26.6 Å². The largest absolute Gasteiger partial charge is 0.422 e. The molecule has 126 valence electrons. The summed E-state index contributed by atoms with van der Waals surface area (Å²) in [6.45, 7) is 6.99. The number of hydrogen-bond acceptors (Lipinski definition) is 4. The summed E-state index contributed by atoms with van der Waals surface area (Å²) in [6.07, 6.45) is 0. The lowest BCUT2D eigenvalue weighted by atomic mass is 10.1. The molecule has 7 heteroatoms. The van der Waals surface area contributed by atoms with Crippen LogP contribution in [-0.2, 0) is 0 Å². The Bertz CT molecular complexity index is 761. The van der Waals surface area contributed by atoms with Crippen molar-refractivity contribution in [3.63, 3.8) is 0 Å². The molecule has 5 nitrogen and oxygen atoms in total. The van der Waals surface area contributed by atoms with Crippen LogP contribution in [-0.4, -0.2) is 25.0 Å². The van der Waals surface area contributed by atoms with Gasteiger partial charge in [-0.25, -0.2) is 4.79 Å². The van der Waals surface area contributed by atoms with E-state index in [1.165, 1.54) is 0 Å². The van der Waals surface area contributed by atoms with Crippen LogP contribution >= 0.6 is 28.3 Å². The second-order valence-electron chi connectivity index (χ2n) is 5.20. The monoisotopic (exact) mass is 402 g/mol. The Morgan fingerprint density at radius 2 is 2.09 bits per heavy atom. The van der Waals surface area contributed by atoms with Crippen LogP contribution in [0.15, 0.2) is 31.9 Å². The molecule has 0 bridgehead atoms. The smallest absolute Gasteiger partial charge is 0.349 e. The number of benzene rings is 1. The predicted molar refractivity (Wildman–Crippen MR) is 97.6 cm³/mol. The highest BCUT2D eigenvalue weighted by Gasteiger charge is 2.18. The number of fused-ring (bicyclic) bond motifs is 1. The van der Waals surface area contributed by atoms with E-state index in [1.807, 2.05) is 19.9 Å². The van der Waals surface area contributed by atoms with E-state index in [0.29, 0.717) is 17.7 Å². The zero-order valence-electron chi connectivity index (χ0n) is 13.2. The predicted octanol–water partition coefficient (Wildman–Crippen LogP) is 3.01. The maximum Gasteiger partial charge on any atom is 0.349 e. The Hall–Kier alpha value is -1.37. The molecule has 0 radical (unpaired) electrons. The van der Waals surface area contributed by atoms with Crippen LogP contribution in [0.2, 0.25) is 0 Å². The van der Waals surface area contributed by atoms with Gasteiger partial charge in [0.1, 0.15) is 11.1 Å². The fraction of sp³-hybridized carbons (Fsp3) is 0.375. The Labute approximate surface area is 149 Å². The van der Waals surface area contributed by atoms with Gasteiger partial charge in [-0.05, 0) is 44.2 Å². The third-order valence-corrected chi connectivity index (χ3v) is 3.97. The zero-order chi connectivity index (χ0) is 16.3. The fourth-order valence-electron chi connectivity index (χ4n) is 2.34. The van der Waals surface area contributed by atoms with Gasteiger partial charge in [-0.15, -0.1) is 12.4 Å². The van der Waals surface area contributed by atoms with Crippen molar-refractivity contribution in [1.29, 1.82) is 0 Å². The minimum atomic E-state index is -0.610. The van der Waals surface area contributed by atoms with Crippen LogP contribution in [0.1, 0.15) is 29.8 Å². The van der Waals surface area contributed by atoms with Gasteiger partial charge < -0.3 is 15.1 Å². The summed E-state index contributed by atoms with van der Waals surface area (Å²) >= 11 is 3.39. The van der Waals surface area contributed by atoms with Crippen molar-refractivity contribution in [2.75, 3.05) is 13.1 Å². The van der Waals surface area contributed by atoms with Gasteiger partial charge in [0.2, 0.25) is 0 Å². The number of likely N-dealkylation sites (N-methyl/N-ethyl adjacent to an activating group) is 1. The maximum atomic E-state index is 12.3. The van der Waals surface area contributed by atoms with E-state index in [1.54, 1.807) is 19.1 Å². The Morgan fingerprint density at radius 3 is 2.74 bits per heavy atom. The number of nitrogens with one attached hydrogen (secondary N) is 2. The van der Waals surface area contributed by atoms with Crippen molar-refractivity contribution in [3.8, 4) is 0 Å². The van der Waals surface area contributed by atoms with Crippen molar-refractivity contribution in [2.45, 2.75) is 26.8 Å². The van der Waals surface area contributed by atoms with E-state index in [0.717, 1.165) is 16.4 Å². The average molecular weight is 404 g/mol. The second-order valence-corrected chi connectivity index (χ2v) is 6.11. The number of amides is 1. The number of rotatable bonds is 5. The molecule has 0 aliphatic rings. The lowest BCUT2D eigenvalue weighted by molar-refractivity contribution is 0.0946. The molecule has 1 aromatic heterocycles. The molecule has 0 spiro atoms. The van der Waals surface area contributed by atoms with Gasteiger partial charge in [-0.3, -0.25) is 4.79 Å². The highest BCUT2D eigenvalue weighted by Crippen LogP contribution is 2.23. The van der Waals surface area contributed by atoms with Crippen LogP contribution in [0.5, 0.6) is 0 Å². The van der Waals surface area contributed by atoms with Gasteiger partial charge in [-0.1, -0.05) is 22.9 Å². The molecule has 2 rings (SSSR count). The number of hydrogen-bond donors (Lipinski definition) is 2. The number of carbonyl (C=O) groups is 1. The highest BCUT2D eigenvalue weighted by atomic mass is 79.9. The summed E-state index contributed by atoms with van der Waals surface area (Å²) in [4.78, 5) is 24.4. The van der Waals surface area contributed by atoms with Crippen molar-refractivity contribution in [2.24, 2.45) is 0 Å². The first-order valence-corrected chi connectivity index (χ1v) is 7.97. The van der Waals surface area contributed by atoms with Gasteiger partial charge in [0, 0.05) is 22.4 Å². The minimum Gasteiger partial charge on any atom is -0.422 e. The zero-order valence-corrected chi connectivity index (χ0v) is 15.6. The number of halogens is 2. The molecule has 23 heavy (non-hydrogen) atoms. The molecule has 0 fully saturated rings. The molecule has 0 saturated heterocycles.